The minimum absolute atomic E-state index is 0.0155. The fourth-order valence-electron chi connectivity index (χ4n) is 3.14. The first-order valence-electron chi connectivity index (χ1n) is 8.93. The zero-order valence-electron chi connectivity index (χ0n) is 15.2. The van der Waals surface area contributed by atoms with E-state index in [0.717, 1.165) is 23.8 Å². The van der Waals surface area contributed by atoms with Gasteiger partial charge < -0.3 is 5.32 Å². The van der Waals surface area contributed by atoms with Crippen LogP contribution in [0.2, 0.25) is 5.02 Å². The fraction of sp³-hybridized carbons (Fsp3) is 0.350. The van der Waals surface area contributed by atoms with Crippen molar-refractivity contribution in [3.05, 3.63) is 63.5 Å². The molecule has 2 heterocycles. The number of anilines is 1. The van der Waals surface area contributed by atoms with Crippen LogP contribution in [0.5, 0.6) is 0 Å². The van der Waals surface area contributed by atoms with Gasteiger partial charge in [0.2, 0.25) is 5.95 Å². The second-order valence-corrected chi connectivity index (χ2v) is 6.84. The van der Waals surface area contributed by atoms with Gasteiger partial charge >= 0.3 is 0 Å². The molecular weight excluding hydrogens is 348 g/mol. The van der Waals surface area contributed by atoms with Gasteiger partial charge in [-0.25, -0.2) is 4.98 Å². The first-order valence-corrected chi connectivity index (χ1v) is 9.31. The predicted molar refractivity (Wildman–Crippen MR) is 107 cm³/mol. The maximum atomic E-state index is 12.4. The van der Waals surface area contributed by atoms with Crippen molar-refractivity contribution in [2.45, 2.75) is 45.7 Å². The van der Waals surface area contributed by atoms with Gasteiger partial charge in [0.25, 0.3) is 5.56 Å². The van der Waals surface area contributed by atoms with Crippen molar-refractivity contribution in [3.63, 3.8) is 0 Å². The van der Waals surface area contributed by atoms with Crippen LogP contribution in [0.25, 0.3) is 11.0 Å². The third-order valence-corrected chi connectivity index (χ3v) is 4.94. The number of nitrogens with one attached hydrogen (secondary N) is 1. The average Bonchev–Trinajstić information content (AvgIpc) is 2.65. The zero-order chi connectivity index (χ0) is 18.7. The van der Waals surface area contributed by atoms with Crippen molar-refractivity contribution in [1.82, 2.24) is 14.5 Å². The summed E-state index contributed by atoms with van der Waals surface area (Å²) in [5.74, 6) is 0.505. The minimum Gasteiger partial charge on any atom is -0.348 e. The smallest absolute Gasteiger partial charge is 0.252 e. The molecule has 0 amide bonds. The van der Waals surface area contributed by atoms with Crippen LogP contribution < -0.4 is 10.9 Å². The number of fused-ring (bicyclic) bond motifs is 1. The van der Waals surface area contributed by atoms with E-state index in [1.807, 2.05) is 31.2 Å². The highest BCUT2D eigenvalue weighted by atomic mass is 35.5. The zero-order valence-corrected chi connectivity index (χ0v) is 16.0. The number of nitrogens with zero attached hydrogens (tertiary/aromatic N) is 3. The van der Waals surface area contributed by atoms with Crippen LogP contribution in [0, 0.1) is 0 Å². The SMILES string of the molecule is CCC(CC)n1c(=O)ccc2cnc(N[C@@H](C)c3ccc(Cl)cc3)nc21. The molecule has 136 valence electrons. The summed E-state index contributed by atoms with van der Waals surface area (Å²) in [6.45, 7) is 6.21. The molecule has 0 aliphatic heterocycles. The van der Waals surface area contributed by atoms with Crippen LogP contribution in [0.3, 0.4) is 0 Å². The highest BCUT2D eigenvalue weighted by molar-refractivity contribution is 6.30. The molecule has 0 saturated carbocycles. The van der Waals surface area contributed by atoms with Crippen molar-refractivity contribution >= 4 is 28.6 Å². The van der Waals surface area contributed by atoms with E-state index in [4.69, 9.17) is 11.6 Å². The van der Waals surface area contributed by atoms with E-state index >= 15 is 0 Å². The van der Waals surface area contributed by atoms with Crippen molar-refractivity contribution in [3.8, 4) is 0 Å². The van der Waals surface area contributed by atoms with Gasteiger partial charge in [0, 0.05) is 28.7 Å². The van der Waals surface area contributed by atoms with Crippen LogP contribution in [0.1, 0.15) is 51.3 Å². The summed E-state index contributed by atoms with van der Waals surface area (Å²) in [7, 11) is 0. The van der Waals surface area contributed by atoms with E-state index in [1.165, 1.54) is 0 Å². The molecule has 3 aromatic rings. The van der Waals surface area contributed by atoms with Crippen molar-refractivity contribution < 1.29 is 0 Å². The van der Waals surface area contributed by atoms with Gasteiger partial charge in [-0.1, -0.05) is 37.6 Å². The lowest BCUT2D eigenvalue weighted by atomic mass is 10.1. The molecule has 0 saturated heterocycles. The molecule has 1 aromatic carbocycles. The lowest BCUT2D eigenvalue weighted by Crippen LogP contribution is -2.25. The topological polar surface area (TPSA) is 59.8 Å². The quantitative estimate of drug-likeness (QED) is 0.664. The number of hydrogen-bond donors (Lipinski definition) is 1. The van der Waals surface area contributed by atoms with E-state index in [-0.39, 0.29) is 17.6 Å². The van der Waals surface area contributed by atoms with E-state index in [0.29, 0.717) is 16.6 Å². The van der Waals surface area contributed by atoms with E-state index in [9.17, 15) is 4.79 Å². The van der Waals surface area contributed by atoms with Crippen LogP contribution in [0.4, 0.5) is 5.95 Å². The highest BCUT2D eigenvalue weighted by Crippen LogP contribution is 2.22. The standard InChI is InChI=1S/C20H23ClN4O/c1-4-17(5-2)25-18(26)11-8-15-12-22-20(24-19(15)25)23-13(3)14-6-9-16(21)10-7-14/h6-13,17H,4-5H2,1-3H3,(H,22,23,24)/t13-/m0/s1. The Bertz CT molecular complexity index is 948. The molecule has 0 radical (unpaired) electrons. The number of benzene rings is 1. The van der Waals surface area contributed by atoms with Gasteiger partial charge in [-0.3, -0.25) is 9.36 Å². The van der Waals surface area contributed by atoms with Crippen LogP contribution in [-0.2, 0) is 0 Å². The number of hydrogen-bond acceptors (Lipinski definition) is 4. The van der Waals surface area contributed by atoms with Gasteiger partial charge in [-0.15, -0.1) is 0 Å². The largest absolute Gasteiger partial charge is 0.348 e. The molecule has 6 heteroatoms. The molecular formula is C20H23ClN4O. The second-order valence-electron chi connectivity index (χ2n) is 6.40. The van der Waals surface area contributed by atoms with Crippen molar-refractivity contribution in [2.75, 3.05) is 5.32 Å². The third kappa shape index (κ3) is 3.73. The van der Waals surface area contributed by atoms with E-state index in [2.05, 4.69) is 29.1 Å². The molecule has 0 bridgehead atoms. The molecule has 1 atom stereocenters. The van der Waals surface area contributed by atoms with Crippen LogP contribution >= 0.6 is 11.6 Å². The molecule has 1 N–H and O–H groups in total. The molecule has 0 spiro atoms. The summed E-state index contributed by atoms with van der Waals surface area (Å²) in [5, 5.41) is 4.88. The van der Waals surface area contributed by atoms with Gasteiger partial charge in [0.05, 0.1) is 6.04 Å². The first kappa shape index (κ1) is 18.4. The molecule has 2 aromatic heterocycles. The normalized spacial score (nSPS) is 12.5. The lowest BCUT2D eigenvalue weighted by molar-refractivity contribution is 0.470. The molecule has 0 aliphatic rings. The Morgan fingerprint density at radius 3 is 2.46 bits per heavy atom. The van der Waals surface area contributed by atoms with Gasteiger partial charge in [-0.05, 0) is 43.5 Å². The molecule has 3 rings (SSSR count). The first-order chi connectivity index (χ1) is 12.5. The highest BCUT2D eigenvalue weighted by Gasteiger charge is 2.14. The number of pyridine rings is 1. The molecule has 0 unspecified atom stereocenters. The predicted octanol–water partition coefficient (Wildman–Crippen LogP) is 4.98. The van der Waals surface area contributed by atoms with E-state index in [1.54, 1.807) is 22.9 Å². The summed E-state index contributed by atoms with van der Waals surface area (Å²) in [5.41, 5.74) is 1.73. The fourth-order valence-corrected chi connectivity index (χ4v) is 3.27. The second kappa shape index (κ2) is 7.87. The van der Waals surface area contributed by atoms with Crippen LogP contribution in [0.15, 0.2) is 47.4 Å². The molecule has 5 nitrogen and oxygen atoms in total. The van der Waals surface area contributed by atoms with Gasteiger partial charge in [0.15, 0.2) is 0 Å². The maximum absolute atomic E-state index is 12.4. The Morgan fingerprint density at radius 2 is 1.81 bits per heavy atom. The van der Waals surface area contributed by atoms with Crippen molar-refractivity contribution in [2.24, 2.45) is 0 Å². The number of aromatic nitrogens is 3. The molecule has 26 heavy (non-hydrogen) atoms. The third-order valence-electron chi connectivity index (χ3n) is 4.69. The Morgan fingerprint density at radius 1 is 1.12 bits per heavy atom. The summed E-state index contributed by atoms with van der Waals surface area (Å²) in [6, 6.07) is 11.2. The Hall–Kier alpha value is -2.40. The van der Waals surface area contributed by atoms with E-state index < -0.39 is 0 Å². The molecule has 0 fully saturated rings. The Balaban J connectivity index is 1.98. The Kier molecular flexibility index (Phi) is 5.57. The van der Waals surface area contributed by atoms with Crippen molar-refractivity contribution in [1.29, 1.82) is 0 Å². The van der Waals surface area contributed by atoms with Gasteiger partial charge in [0.1, 0.15) is 5.65 Å². The maximum Gasteiger partial charge on any atom is 0.252 e. The number of rotatable bonds is 6. The minimum atomic E-state index is -0.0263. The summed E-state index contributed by atoms with van der Waals surface area (Å²) < 4.78 is 1.79. The number of halogens is 1. The lowest BCUT2D eigenvalue weighted by Gasteiger charge is -2.19. The summed E-state index contributed by atoms with van der Waals surface area (Å²) in [4.78, 5) is 21.5. The van der Waals surface area contributed by atoms with Crippen LogP contribution in [-0.4, -0.2) is 14.5 Å². The van der Waals surface area contributed by atoms with Gasteiger partial charge in [-0.2, -0.15) is 4.98 Å². The monoisotopic (exact) mass is 370 g/mol. The summed E-state index contributed by atoms with van der Waals surface area (Å²) >= 11 is 5.95. The summed E-state index contributed by atoms with van der Waals surface area (Å²) in [6.07, 6.45) is 3.52. The average molecular weight is 371 g/mol. The Labute approximate surface area is 158 Å². The molecule has 0 aliphatic carbocycles.